The maximum atomic E-state index is 12.9. The quantitative estimate of drug-likeness (QED) is 0.837. The Morgan fingerprint density at radius 3 is 2.16 bits per heavy atom. The number of carbonyl (C=O) groups is 2. The smallest absolute Gasteiger partial charge is 0.344 e. The highest BCUT2D eigenvalue weighted by Gasteiger charge is 2.16. The van der Waals surface area contributed by atoms with Crippen molar-refractivity contribution in [2.75, 3.05) is 11.9 Å². The topological polar surface area (TPSA) is 64.6 Å². The molecule has 0 aliphatic carbocycles. The third-order valence-electron chi connectivity index (χ3n) is 3.00. The average molecular weight is 345 g/mol. The van der Waals surface area contributed by atoms with Gasteiger partial charge in [0, 0.05) is 11.3 Å². The highest BCUT2D eigenvalue weighted by atomic mass is 19.1. The number of nitrogens with one attached hydrogen (secondary N) is 1. The van der Waals surface area contributed by atoms with Crippen LogP contribution in [0.15, 0.2) is 48.5 Å². The van der Waals surface area contributed by atoms with Crippen molar-refractivity contribution in [1.29, 1.82) is 0 Å². The van der Waals surface area contributed by atoms with Crippen LogP contribution in [-0.4, -0.2) is 24.1 Å². The maximum absolute atomic E-state index is 12.9. The van der Waals surface area contributed by atoms with E-state index >= 15 is 0 Å². The monoisotopic (exact) mass is 345 g/mol. The van der Waals surface area contributed by atoms with Gasteiger partial charge in [0.1, 0.15) is 17.2 Å². The van der Waals surface area contributed by atoms with Crippen molar-refractivity contribution in [2.45, 2.75) is 26.4 Å². The fourth-order valence-electron chi connectivity index (χ4n) is 1.95. The Morgan fingerprint density at radius 1 is 1.00 bits per heavy atom. The van der Waals surface area contributed by atoms with E-state index in [-0.39, 0.29) is 18.3 Å². The first-order chi connectivity index (χ1) is 11.7. The molecule has 0 heterocycles. The SMILES string of the molecule is CC(C)(C)OC(=O)COc1ccc(C(=O)Nc2ccc(F)cc2)cc1. The van der Waals surface area contributed by atoms with E-state index < -0.39 is 11.6 Å². The summed E-state index contributed by atoms with van der Waals surface area (Å²) in [6, 6.07) is 11.8. The Balaban J connectivity index is 1.89. The van der Waals surface area contributed by atoms with Gasteiger partial charge < -0.3 is 14.8 Å². The van der Waals surface area contributed by atoms with E-state index in [2.05, 4.69) is 5.32 Å². The lowest BCUT2D eigenvalue weighted by atomic mass is 10.2. The minimum Gasteiger partial charge on any atom is -0.482 e. The van der Waals surface area contributed by atoms with Gasteiger partial charge in [-0.25, -0.2) is 9.18 Å². The van der Waals surface area contributed by atoms with Crippen molar-refractivity contribution in [1.82, 2.24) is 0 Å². The normalized spacial score (nSPS) is 10.9. The first-order valence-electron chi connectivity index (χ1n) is 7.74. The van der Waals surface area contributed by atoms with Crippen LogP contribution < -0.4 is 10.1 Å². The zero-order valence-corrected chi connectivity index (χ0v) is 14.3. The summed E-state index contributed by atoms with van der Waals surface area (Å²) in [4.78, 5) is 23.7. The van der Waals surface area contributed by atoms with Crippen molar-refractivity contribution < 1.29 is 23.5 Å². The van der Waals surface area contributed by atoms with Gasteiger partial charge in [-0.05, 0) is 69.3 Å². The van der Waals surface area contributed by atoms with E-state index in [0.29, 0.717) is 17.0 Å². The van der Waals surface area contributed by atoms with E-state index in [1.807, 2.05) is 0 Å². The minimum absolute atomic E-state index is 0.210. The fourth-order valence-corrected chi connectivity index (χ4v) is 1.95. The number of anilines is 1. The summed E-state index contributed by atoms with van der Waals surface area (Å²) in [7, 11) is 0. The van der Waals surface area contributed by atoms with Gasteiger partial charge in [-0.3, -0.25) is 4.79 Å². The molecule has 132 valence electrons. The molecule has 0 atom stereocenters. The number of rotatable bonds is 5. The average Bonchev–Trinajstić information content (AvgIpc) is 2.54. The molecule has 5 nitrogen and oxygen atoms in total. The summed E-state index contributed by atoms with van der Waals surface area (Å²) < 4.78 is 23.3. The van der Waals surface area contributed by atoms with Gasteiger partial charge >= 0.3 is 5.97 Å². The molecular formula is C19H20FNO4. The molecule has 6 heteroatoms. The second-order valence-corrected chi connectivity index (χ2v) is 6.36. The summed E-state index contributed by atoms with van der Waals surface area (Å²) in [6.45, 7) is 5.12. The number of hydrogen-bond acceptors (Lipinski definition) is 4. The standard InChI is InChI=1S/C19H20FNO4/c1-19(2,3)25-17(22)12-24-16-10-4-13(5-11-16)18(23)21-15-8-6-14(20)7-9-15/h4-11H,12H2,1-3H3,(H,21,23). The van der Waals surface area contributed by atoms with Crippen LogP contribution in [0.4, 0.5) is 10.1 Å². The van der Waals surface area contributed by atoms with Crippen LogP contribution >= 0.6 is 0 Å². The lowest BCUT2D eigenvalue weighted by molar-refractivity contribution is -0.157. The third-order valence-corrected chi connectivity index (χ3v) is 3.00. The summed E-state index contributed by atoms with van der Waals surface area (Å²) in [5.41, 5.74) is 0.341. The van der Waals surface area contributed by atoms with Gasteiger partial charge in [-0.1, -0.05) is 0 Å². The molecule has 2 rings (SSSR count). The second-order valence-electron chi connectivity index (χ2n) is 6.36. The number of ether oxygens (including phenoxy) is 2. The Kier molecular flexibility index (Phi) is 5.75. The molecular weight excluding hydrogens is 325 g/mol. The van der Waals surface area contributed by atoms with Crippen molar-refractivity contribution in [2.24, 2.45) is 0 Å². The molecule has 2 aromatic rings. The van der Waals surface area contributed by atoms with Gasteiger partial charge in [-0.2, -0.15) is 0 Å². The van der Waals surface area contributed by atoms with E-state index in [4.69, 9.17) is 9.47 Å². The number of hydrogen-bond donors (Lipinski definition) is 1. The highest BCUT2D eigenvalue weighted by Crippen LogP contribution is 2.15. The lowest BCUT2D eigenvalue weighted by Crippen LogP contribution is -2.27. The Morgan fingerprint density at radius 2 is 1.60 bits per heavy atom. The minimum atomic E-state index is -0.567. The van der Waals surface area contributed by atoms with Crippen LogP contribution in [0.25, 0.3) is 0 Å². The van der Waals surface area contributed by atoms with Crippen molar-refractivity contribution in [3.8, 4) is 5.75 Å². The first kappa shape index (κ1) is 18.4. The van der Waals surface area contributed by atoms with E-state index in [1.54, 1.807) is 45.0 Å². The first-order valence-corrected chi connectivity index (χ1v) is 7.74. The Labute approximate surface area is 145 Å². The number of amides is 1. The zero-order valence-electron chi connectivity index (χ0n) is 14.3. The summed E-state index contributed by atoms with van der Waals surface area (Å²) in [5, 5.41) is 2.66. The number of halogens is 1. The molecule has 0 radical (unpaired) electrons. The van der Waals surface area contributed by atoms with Crippen LogP contribution in [0.1, 0.15) is 31.1 Å². The summed E-state index contributed by atoms with van der Waals surface area (Å²) in [6.07, 6.45) is 0. The van der Waals surface area contributed by atoms with E-state index in [1.165, 1.54) is 24.3 Å². The molecule has 0 unspecified atom stereocenters. The zero-order chi connectivity index (χ0) is 18.4. The van der Waals surface area contributed by atoms with E-state index in [0.717, 1.165) is 0 Å². The van der Waals surface area contributed by atoms with Crippen LogP contribution in [0, 0.1) is 5.82 Å². The largest absolute Gasteiger partial charge is 0.482 e. The lowest BCUT2D eigenvalue weighted by Gasteiger charge is -2.19. The summed E-state index contributed by atoms with van der Waals surface area (Å²) in [5.74, 6) is -0.718. The summed E-state index contributed by atoms with van der Waals surface area (Å²) >= 11 is 0. The van der Waals surface area contributed by atoms with Gasteiger partial charge in [0.15, 0.2) is 6.61 Å². The number of esters is 1. The van der Waals surface area contributed by atoms with Crippen LogP contribution in [-0.2, 0) is 9.53 Å². The molecule has 0 aliphatic rings. The predicted molar refractivity (Wildman–Crippen MR) is 92.1 cm³/mol. The molecule has 0 fully saturated rings. The molecule has 1 amide bonds. The van der Waals surface area contributed by atoms with Gasteiger partial charge in [-0.15, -0.1) is 0 Å². The molecule has 0 saturated carbocycles. The van der Waals surface area contributed by atoms with Gasteiger partial charge in [0.25, 0.3) is 5.91 Å². The molecule has 0 aromatic heterocycles. The Hall–Kier alpha value is -2.89. The van der Waals surface area contributed by atoms with Crippen molar-refractivity contribution in [3.63, 3.8) is 0 Å². The van der Waals surface area contributed by atoms with Crippen molar-refractivity contribution >= 4 is 17.6 Å². The number of benzene rings is 2. The predicted octanol–water partition coefficient (Wildman–Crippen LogP) is 3.80. The maximum Gasteiger partial charge on any atom is 0.344 e. The van der Waals surface area contributed by atoms with E-state index in [9.17, 15) is 14.0 Å². The molecule has 1 N–H and O–H groups in total. The second kappa shape index (κ2) is 7.79. The third kappa shape index (κ3) is 6.25. The Bertz CT molecular complexity index is 734. The van der Waals surface area contributed by atoms with Crippen LogP contribution in [0.3, 0.4) is 0 Å². The van der Waals surface area contributed by atoms with Gasteiger partial charge in [0.2, 0.25) is 0 Å². The molecule has 0 bridgehead atoms. The fraction of sp³-hybridized carbons (Fsp3) is 0.263. The molecule has 2 aromatic carbocycles. The molecule has 0 spiro atoms. The molecule has 0 aliphatic heterocycles. The molecule has 25 heavy (non-hydrogen) atoms. The van der Waals surface area contributed by atoms with Crippen LogP contribution in [0.5, 0.6) is 5.75 Å². The molecule has 0 saturated heterocycles. The van der Waals surface area contributed by atoms with Crippen LogP contribution in [0.2, 0.25) is 0 Å². The van der Waals surface area contributed by atoms with Gasteiger partial charge in [0.05, 0.1) is 0 Å². The number of carbonyl (C=O) groups excluding carboxylic acids is 2. The highest BCUT2D eigenvalue weighted by molar-refractivity contribution is 6.04. The van der Waals surface area contributed by atoms with Crippen molar-refractivity contribution in [3.05, 3.63) is 59.9 Å².